The molecule has 2 aromatic rings. The monoisotopic (exact) mass is 249 g/mol. The van der Waals surface area contributed by atoms with Crippen molar-refractivity contribution < 1.29 is 0 Å². The summed E-state index contributed by atoms with van der Waals surface area (Å²) in [4.78, 5) is 0. The number of rotatable bonds is 1. The Morgan fingerprint density at radius 1 is 1.32 bits per heavy atom. The van der Waals surface area contributed by atoms with Gasteiger partial charge in [0.2, 0.25) is 0 Å². The fourth-order valence-corrected chi connectivity index (χ4v) is 3.16. The largest absolute Gasteiger partial charge is 0.343 e. The summed E-state index contributed by atoms with van der Waals surface area (Å²) in [6, 6.07) is 6.72. The van der Waals surface area contributed by atoms with Gasteiger partial charge in [0.15, 0.2) is 0 Å². The Bertz CT molecular complexity index is 739. The molecule has 19 heavy (non-hydrogen) atoms. The summed E-state index contributed by atoms with van der Waals surface area (Å²) in [6.45, 7) is 8.12. The van der Waals surface area contributed by atoms with Gasteiger partial charge in [-0.3, -0.25) is 0 Å². The topological polar surface area (TPSA) is 4.93 Å². The second-order valence-electron chi connectivity index (χ2n) is 5.21. The summed E-state index contributed by atoms with van der Waals surface area (Å²) >= 11 is 0. The van der Waals surface area contributed by atoms with Gasteiger partial charge in [0.05, 0.1) is 5.69 Å². The highest BCUT2D eigenvalue weighted by molar-refractivity contribution is 5.98. The first-order valence-corrected chi connectivity index (χ1v) is 6.74. The van der Waals surface area contributed by atoms with E-state index in [2.05, 4.69) is 62.4 Å². The van der Waals surface area contributed by atoms with E-state index in [9.17, 15) is 0 Å². The number of nitrogens with zero attached hydrogens (tertiary/aromatic N) is 1. The van der Waals surface area contributed by atoms with Crippen molar-refractivity contribution in [3.05, 3.63) is 65.4 Å². The predicted octanol–water partition coefficient (Wildman–Crippen LogP) is 4.56. The minimum Gasteiger partial charge on any atom is -0.343 e. The molecule has 0 atom stereocenters. The molecule has 0 aliphatic heterocycles. The predicted molar refractivity (Wildman–Crippen MR) is 83.3 cm³/mol. The van der Waals surface area contributed by atoms with Crippen molar-refractivity contribution in [2.24, 2.45) is 7.05 Å². The van der Waals surface area contributed by atoms with Gasteiger partial charge in [-0.1, -0.05) is 36.4 Å². The molecule has 0 saturated carbocycles. The molecule has 3 rings (SSSR count). The van der Waals surface area contributed by atoms with Crippen molar-refractivity contribution in [3.8, 4) is 0 Å². The van der Waals surface area contributed by atoms with Crippen LogP contribution in [0.15, 0.2) is 48.6 Å². The van der Waals surface area contributed by atoms with E-state index in [0.29, 0.717) is 0 Å². The van der Waals surface area contributed by atoms with Crippen LogP contribution in [0.5, 0.6) is 0 Å². The maximum absolute atomic E-state index is 3.85. The van der Waals surface area contributed by atoms with Crippen LogP contribution in [-0.2, 0) is 13.5 Å². The zero-order valence-corrected chi connectivity index (χ0v) is 11.8. The molecule has 96 valence electrons. The van der Waals surface area contributed by atoms with Crippen LogP contribution in [-0.4, -0.2) is 4.57 Å². The Morgan fingerprint density at radius 2 is 2.11 bits per heavy atom. The Morgan fingerprint density at radius 3 is 2.79 bits per heavy atom. The summed E-state index contributed by atoms with van der Waals surface area (Å²) in [5.74, 6) is 0. The van der Waals surface area contributed by atoms with E-state index >= 15 is 0 Å². The minimum atomic E-state index is 1.03. The SMILES string of the molecule is C=C/C=C1\C(=C/C)Cc2c1n(C)c1ccc(C)cc21. The van der Waals surface area contributed by atoms with Crippen LogP contribution >= 0.6 is 0 Å². The lowest BCUT2D eigenvalue weighted by Gasteiger charge is -2.06. The molecule has 0 spiro atoms. The van der Waals surface area contributed by atoms with Crippen molar-refractivity contribution in [3.63, 3.8) is 0 Å². The van der Waals surface area contributed by atoms with Crippen LogP contribution in [0.1, 0.15) is 23.7 Å². The highest BCUT2D eigenvalue weighted by atomic mass is 15.0. The van der Waals surface area contributed by atoms with Crippen LogP contribution < -0.4 is 0 Å². The molecule has 1 aliphatic rings. The number of fused-ring (bicyclic) bond motifs is 3. The van der Waals surface area contributed by atoms with Crippen molar-refractivity contribution in [2.75, 3.05) is 0 Å². The third kappa shape index (κ3) is 1.61. The van der Waals surface area contributed by atoms with Crippen molar-refractivity contribution >= 4 is 16.5 Å². The first-order chi connectivity index (χ1) is 9.17. The fraction of sp³-hybridized carbons (Fsp3) is 0.222. The van der Waals surface area contributed by atoms with Gasteiger partial charge in [-0.2, -0.15) is 0 Å². The molecule has 1 aromatic carbocycles. The number of hydrogen-bond donors (Lipinski definition) is 0. The van der Waals surface area contributed by atoms with E-state index < -0.39 is 0 Å². The van der Waals surface area contributed by atoms with Crippen LogP contribution in [0, 0.1) is 6.92 Å². The van der Waals surface area contributed by atoms with Crippen LogP contribution in [0.2, 0.25) is 0 Å². The summed E-state index contributed by atoms with van der Waals surface area (Å²) in [6.07, 6.45) is 7.27. The third-order valence-electron chi connectivity index (χ3n) is 4.06. The van der Waals surface area contributed by atoms with Crippen molar-refractivity contribution in [2.45, 2.75) is 20.3 Å². The van der Waals surface area contributed by atoms with Crippen molar-refractivity contribution in [1.82, 2.24) is 4.57 Å². The molecule has 1 heterocycles. The third-order valence-corrected chi connectivity index (χ3v) is 4.06. The van der Waals surface area contributed by atoms with Gasteiger partial charge in [-0.25, -0.2) is 0 Å². The second-order valence-corrected chi connectivity index (χ2v) is 5.21. The van der Waals surface area contributed by atoms with Crippen molar-refractivity contribution in [1.29, 1.82) is 0 Å². The van der Waals surface area contributed by atoms with E-state index in [1.807, 2.05) is 6.08 Å². The average Bonchev–Trinajstić information content (AvgIpc) is 2.88. The van der Waals surface area contributed by atoms with E-state index in [0.717, 1.165) is 6.42 Å². The second kappa shape index (κ2) is 4.27. The zero-order valence-electron chi connectivity index (χ0n) is 11.8. The van der Waals surface area contributed by atoms with Gasteiger partial charge in [0, 0.05) is 29.9 Å². The quantitative estimate of drug-likeness (QED) is 0.698. The zero-order chi connectivity index (χ0) is 13.6. The van der Waals surface area contributed by atoms with Gasteiger partial charge in [0.25, 0.3) is 0 Å². The van der Waals surface area contributed by atoms with E-state index in [1.165, 1.54) is 38.9 Å². The highest BCUT2D eigenvalue weighted by Crippen LogP contribution is 2.42. The Hall–Kier alpha value is -2.02. The lowest BCUT2D eigenvalue weighted by molar-refractivity contribution is 0.948. The average molecular weight is 249 g/mol. The number of aromatic nitrogens is 1. The molecule has 1 nitrogen and oxygen atoms in total. The number of hydrogen-bond acceptors (Lipinski definition) is 0. The maximum atomic E-state index is 3.85. The molecule has 0 N–H and O–H groups in total. The molecule has 0 saturated heterocycles. The molecule has 1 aromatic heterocycles. The standard InChI is InChI=1S/C18H19N/c1-5-7-14-13(6-2)11-16-15-10-12(3)8-9-17(15)19(4)18(14)16/h5-10H,1,11H2,2-4H3/b13-6-,14-7+. The Labute approximate surface area is 114 Å². The van der Waals surface area contributed by atoms with Crippen LogP contribution in [0.25, 0.3) is 16.5 Å². The normalized spacial score (nSPS) is 18.5. The molecular formula is C18H19N. The highest BCUT2D eigenvalue weighted by Gasteiger charge is 2.26. The van der Waals surface area contributed by atoms with Gasteiger partial charge in [0.1, 0.15) is 0 Å². The summed E-state index contributed by atoms with van der Waals surface area (Å²) in [5, 5.41) is 1.39. The van der Waals surface area contributed by atoms with Gasteiger partial charge < -0.3 is 4.57 Å². The lowest BCUT2D eigenvalue weighted by atomic mass is 10.1. The fourth-order valence-electron chi connectivity index (χ4n) is 3.16. The van der Waals surface area contributed by atoms with Gasteiger partial charge in [-0.15, -0.1) is 0 Å². The molecule has 0 fully saturated rings. The first-order valence-electron chi connectivity index (χ1n) is 6.74. The molecular weight excluding hydrogens is 230 g/mol. The molecule has 1 heteroatoms. The number of aryl methyl sites for hydroxylation is 2. The molecule has 0 unspecified atom stereocenters. The van der Waals surface area contributed by atoms with E-state index in [4.69, 9.17) is 0 Å². The number of allylic oxidation sites excluding steroid dienone is 5. The number of benzene rings is 1. The lowest BCUT2D eigenvalue weighted by Crippen LogP contribution is -1.94. The van der Waals surface area contributed by atoms with Crippen LogP contribution in [0.3, 0.4) is 0 Å². The van der Waals surface area contributed by atoms with E-state index in [1.54, 1.807) is 0 Å². The summed E-state index contributed by atoms with van der Waals surface area (Å²) in [7, 11) is 2.16. The maximum Gasteiger partial charge on any atom is 0.0527 e. The molecule has 0 amide bonds. The minimum absolute atomic E-state index is 1.03. The van der Waals surface area contributed by atoms with E-state index in [-0.39, 0.29) is 0 Å². The molecule has 1 aliphatic carbocycles. The van der Waals surface area contributed by atoms with Gasteiger partial charge in [-0.05, 0) is 37.1 Å². The van der Waals surface area contributed by atoms with Gasteiger partial charge >= 0.3 is 0 Å². The summed E-state index contributed by atoms with van der Waals surface area (Å²) < 4.78 is 2.32. The molecule has 0 radical (unpaired) electrons. The first kappa shape index (κ1) is 12.0. The molecule has 0 bridgehead atoms. The smallest absolute Gasteiger partial charge is 0.0527 e. The Balaban J connectivity index is 2.39. The summed E-state index contributed by atoms with van der Waals surface area (Å²) in [5.41, 5.74) is 8.19. The Kier molecular flexibility index (Phi) is 2.70. The van der Waals surface area contributed by atoms with Crippen LogP contribution in [0.4, 0.5) is 0 Å².